The van der Waals surface area contributed by atoms with Crippen LogP contribution in [0.25, 0.3) is 11.5 Å². The molecule has 0 bridgehead atoms. The molecule has 0 saturated heterocycles. The Kier molecular flexibility index (Phi) is 4.76. The molecular weight excluding hydrogens is 368 g/mol. The van der Waals surface area contributed by atoms with E-state index in [1.54, 1.807) is 29.6 Å². The van der Waals surface area contributed by atoms with Gasteiger partial charge in [-0.1, -0.05) is 11.2 Å². The van der Waals surface area contributed by atoms with Crippen molar-refractivity contribution in [3.63, 3.8) is 0 Å². The molecule has 0 saturated carbocycles. The number of aromatic nitrogens is 3. The Bertz CT molecular complexity index is 982. The van der Waals surface area contributed by atoms with Gasteiger partial charge < -0.3 is 14.5 Å². The van der Waals surface area contributed by atoms with Crippen LogP contribution >= 0.6 is 11.3 Å². The molecule has 0 aliphatic carbocycles. The number of hydrogen-bond acceptors (Lipinski definition) is 9. The van der Waals surface area contributed by atoms with Crippen LogP contribution < -0.4 is 10.1 Å². The van der Waals surface area contributed by atoms with Gasteiger partial charge in [0.2, 0.25) is 21.6 Å². The van der Waals surface area contributed by atoms with E-state index in [1.807, 2.05) is 0 Å². The Balaban J connectivity index is 1.77. The average Bonchev–Trinajstić information content (AvgIpc) is 3.26. The van der Waals surface area contributed by atoms with Crippen molar-refractivity contribution in [3.05, 3.63) is 35.8 Å². The second-order valence-electron chi connectivity index (χ2n) is 4.75. The number of carbonyl (C=O) groups is 1. The SMILES string of the molecule is COc1cccc(-c2nnc(S(=O)(=O)CC(=O)Nc3nccs3)o2)c1. The highest BCUT2D eigenvalue weighted by Crippen LogP contribution is 2.24. The first-order chi connectivity index (χ1) is 12.0. The number of carbonyl (C=O) groups excluding carboxylic acids is 1. The van der Waals surface area contributed by atoms with Crippen LogP contribution in [0.2, 0.25) is 0 Å². The highest BCUT2D eigenvalue weighted by molar-refractivity contribution is 7.91. The van der Waals surface area contributed by atoms with Crippen LogP contribution in [-0.4, -0.2) is 42.4 Å². The zero-order chi connectivity index (χ0) is 17.9. The molecule has 1 aromatic carbocycles. The molecule has 2 heterocycles. The summed E-state index contributed by atoms with van der Waals surface area (Å²) in [4.78, 5) is 15.7. The van der Waals surface area contributed by atoms with E-state index < -0.39 is 26.7 Å². The maximum absolute atomic E-state index is 12.2. The third-order valence-electron chi connectivity index (χ3n) is 2.99. The maximum atomic E-state index is 12.2. The van der Waals surface area contributed by atoms with E-state index in [1.165, 1.54) is 24.6 Å². The molecule has 9 nitrogen and oxygen atoms in total. The maximum Gasteiger partial charge on any atom is 0.336 e. The van der Waals surface area contributed by atoms with Crippen molar-refractivity contribution in [2.75, 3.05) is 18.2 Å². The van der Waals surface area contributed by atoms with Gasteiger partial charge in [0.1, 0.15) is 11.5 Å². The summed E-state index contributed by atoms with van der Waals surface area (Å²) >= 11 is 1.18. The third-order valence-corrected chi connectivity index (χ3v) is 5.02. The number of hydrogen-bond donors (Lipinski definition) is 1. The van der Waals surface area contributed by atoms with Gasteiger partial charge in [-0.25, -0.2) is 13.4 Å². The van der Waals surface area contributed by atoms with Crippen LogP contribution in [0.5, 0.6) is 5.75 Å². The normalized spacial score (nSPS) is 11.2. The van der Waals surface area contributed by atoms with Gasteiger partial charge in [0.05, 0.1) is 7.11 Å². The quantitative estimate of drug-likeness (QED) is 0.684. The summed E-state index contributed by atoms with van der Waals surface area (Å²) in [6, 6.07) is 6.72. The van der Waals surface area contributed by atoms with Gasteiger partial charge in [-0.2, -0.15) is 0 Å². The van der Waals surface area contributed by atoms with Crippen LogP contribution in [-0.2, 0) is 14.6 Å². The third kappa shape index (κ3) is 4.00. The molecule has 0 radical (unpaired) electrons. The lowest BCUT2D eigenvalue weighted by Gasteiger charge is -2.01. The largest absolute Gasteiger partial charge is 0.497 e. The van der Waals surface area contributed by atoms with E-state index in [0.717, 1.165) is 0 Å². The highest BCUT2D eigenvalue weighted by Gasteiger charge is 2.26. The predicted molar refractivity (Wildman–Crippen MR) is 89.1 cm³/mol. The number of anilines is 1. The molecule has 130 valence electrons. The van der Waals surface area contributed by atoms with Crippen molar-refractivity contribution in [2.24, 2.45) is 0 Å². The number of rotatable bonds is 6. The average molecular weight is 380 g/mol. The Hall–Kier alpha value is -2.79. The zero-order valence-electron chi connectivity index (χ0n) is 12.9. The lowest BCUT2D eigenvalue weighted by Crippen LogP contribution is -2.23. The second kappa shape index (κ2) is 6.99. The second-order valence-corrected chi connectivity index (χ2v) is 7.51. The van der Waals surface area contributed by atoms with Crippen molar-refractivity contribution < 1.29 is 22.4 Å². The molecule has 11 heteroatoms. The fourth-order valence-electron chi connectivity index (χ4n) is 1.88. The lowest BCUT2D eigenvalue weighted by molar-refractivity contribution is -0.113. The summed E-state index contributed by atoms with van der Waals surface area (Å²) in [6.07, 6.45) is 1.49. The van der Waals surface area contributed by atoms with E-state index in [-0.39, 0.29) is 5.89 Å². The van der Waals surface area contributed by atoms with Crippen molar-refractivity contribution in [3.8, 4) is 17.2 Å². The summed E-state index contributed by atoms with van der Waals surface area (Å²) in [5.74, 6) is -0.997. The van der Waals surface area contributed by atoms with Crippen molar-refractivity contribution in [1.82, 2.24) is 15.2 Å². The molecule has 1 N–H and O–H groups in total. The van der Waals surface area contributed by atoms with Gasteiger partial charge in [-0.15, -0.1) is 16.4 Å². The summed E-state index contributed by atoms with van der Waals surface area (Å²) in [6.45, 7) is 0. The minimum atomic E-state index is -4.07. The van der Waals surface area contributed by atoms with Gasteiger partial charge in [0.15, 0.2) is 5.13 Å². The fraction of sp³-hybridized carbons (Fsp3) is 0.143. The van der Waals surface area contributed by atoms with Crippen LogP contribution in [0.4, 0.5) is 5.13 Å². The van der Waals surface area contributed by atoms with Crippen LogP contribution in [0.15, 0.2) is 45.5 Å². The number of thiazole rings is 1. The Morgan fingerprint density at radius 1 is 1.36 bits per heavy atom. The van der Waals surface area contributed by atoms with E-state index in [2.05, 4.69) is 20.5 Å². The molecule has 0 atom stereocenters. The van der Waals surface area contributed by atoms with E-state index in [9.17, 15) is 13.2 Å². The predicted octanol–water partition coefficient (Wildman–Crippen LogP) is 1.61. The van der Waals surface area contributed by atoms with E-state index in [0.29, 0.717) is 16.4 Å². The number of amides is 1. The minimum Gasteiger partial charge on any atom is -0.497 e. The van der Waals surface area contributed by atoms with Crippen molar-refractivity contribution in [2.45, 2.75) is 5.22 Å². The lowest BCUT2D eigenvalue weighted by atomic mass is 10.2. The summed E-state index contributed by atoms with van der Waals surface area (Å²) in [5.41, 5.74) is 0.500. The molecule has 0 spiro atoms. The fourth-order valence-corrected chi connectivity index (χ4v) is 3.34. The molecule has 3 aromatic rings. The molecular formula is C14H12N4O5S2. The standard InChI is InChI=1S/C14H12N4O5S2/c1-22-10-4-2-3-9(7-10)12-17-18-14(23-12)25(20,21)8-11(19)16-13-15-5-6-24-13/h2-7H,8H2,1H3,(H,15,16,19). The van der Waals surface area contributed by atoms with Gasteiger partial charge in [-0.3, -0.25) is 4.79 Å². The number of ether oxygens (including phenoxy) is 1. The first-order valence-corrected chi connectivity index (χ1v) is 9.41. The number of nitrogens with zero attached hydrogens (tertiary/aromatic N) is 3. The van der Waals surface area contributed by atoms with Crippen molar-refractivity contribution >= 4 is 32.2 Å². The molecule has 0 aliphatic rings. The topological polar surface area (TPSA) is 124 Å². The number of methoxy groups -OCH3 is 1. The van der Waals surface area contributed by atoms with Crippen LogP contribution in [0.1, 0.15) is 0 Å². The number of nitrogens with one attached hydrogen (secondary N) is 1. The summed E-state index contributed by atoms with van der Waals surface area (Å²) < 4.78 is 34.8. The Morgan fingerprint density at radius 3 is 2.92 bits per heavy atom. The van der Waals surface area contributed by atoms with E-state index in [4.69, 9.17) is 9.15 Å². The number of benzene rings is 1. The molecule has 1 amide bonds. The minimum absolute atomic E-state index is 0.0119. The van der Waals surface area contributed by atoms with Gasteiger partial charge in [-0.05, 0) is 18.2 Å². The molecule has 0 fully saturated rings. The Labute approximate surface area is 146 Å². The summed E-state index contributed by atoms with van der Waals surface area (Å²) in [5, 5.41) is 11.0. The monoisotopic (exact) mass is 380 g/mol. The molecule has 2 aromatic heterocycles. The van der Waals surface area contributed by atoms with E-state index >= 15 is 0 Å². The zero-order valence-corrected chi connectivity index (χ0v) is 14.5. The first kappa shape index (κ1) is 17.0. The Morgan fingerprint density at radius 2 is 2.20 bits per heavy atom. The highest BCUT2D eigenvalue weighted by atomic mass is 32.2. The van der Waals surface area contributed by atoms with Gasteiger partial charge in [0, 0.05) is 17.1 Å². The van der Waals surface area contributed by atoms with Crippen molar-refractivity contribution in [1.29, 1.82) is 0 Å². The first-order valence-electron chi connectivity index (χ1n) is 6.88. The molecule has 3 rings (SSSR count). The number of sulfone groups is 1. The molecule has 25 heavy (non-hydrogen) atoms. The van der Waals surface area contributed by atoms with Crippen LogP contribution in [0, 0.1) is 0 Å². The van der Waals surface area contributed by atoms with Crippen LogP contribution in [0.3, 0.4) is 0 Å². The van der Waals surface area contributed by atoms with Gasteiger partial charge >= 0.3 is 5.22 Å². The molecule has 0 aliphatic heterocycles. The van der Waals surface area contributed by atoms with Gasteiger partial charge in [0.25, 0.3) is 0 Å². The smallest absolute Gasteiger partial charge is 0.336 e. The molecule has 0 unspecified atom stereocenters. The summed E-state index contributed by atoms with van der Waals surface area (Å²) in [7, 11) is -2.57.